The van der Waals surface area contributed by atoms with Crippen molar-refractivity contribution < 1.29 is 9.59 Å². The standard InChI is InChI=1S/C18H20ClN3O2S/c1-13-20-16(12-25-13)11-18(24)22-8-6-21(7-9-22)17(23)10-14-2-4-15(19)5-3-14/h2-5,12H,6-11H2,1H3. The molecule has 132 valence electrons. The zero-order valence-electron chi connectivity index (χ0n) is 14.1. The first kappa shape index (κ1) is 17.9. The molecule has 1 fully saturated rings. The highest BCUT2D eigenvalue weighted by Crippen LogP contribution is 2.13. The summed E-state index contributed by atoms with van der Waals surface area (Å²) in [6.07, 6.45) is 0.701. The zero-order chi connectivity index (χ0) is 17.8. The first-order valence-electron chi connectivity index (χ1n) is 8.22. The van der Waals surface area contributed by atoms with Gasteiger partial charge in [0.15, 0.2) is 0 Å². The lowest BCUT2D eigenvalue weighted by Crippen LogP contribution is -2.51. The summed E-state index contributed by atoms with van der Waals surface area (Å²) in [6.45, 7) is 4.24. The summed E-state index contributed by atoms with van der Waals surface area (Å²) in [5.41, 5.74) is 1.78. The largest absolute Gasteiger partial charge is 0.339 e. The van der Waals surface area contributed by atoms with Gasteiger partial charge in [0.05, 0.1) is 23.5 Å². The Hall–Kier alpha value is -1.92. The van der Waals surface area contributed by atoms with Gasteiger partial charge in [-0.25, -0.2) is 4.98 Å². The maximum Gasteiger partial charge on any atom is 0.228 e. The molecular weight excluding hydrogens is 358 g/mol. The van der Waals surface area contributed by atoms with E-state index >= 15 is 0 Å². The molecule has 0 atom stereocenters. The maximum atomic E-state index is 12.4. The van der Waals surface area contributed by atoms with Crippen molar-refractivity contribution in [3.63, 3.8) is 0 Å². The second kappa shape index (κ2) is 7.97. The number of carbonyl (C=O) groups is 2. The summed E-state index contributed by atoms with van der Waals surface area (Å²) < 4.78 is 0. The molecule has 0 saturated carbocycles. The van der Waals surface area contributed by atoms with Crippen molar-refractivity contribution in [3.8, 4) is 0 Å². The first-order valence-corrected chi connectivity index (χ1v) is 9.48. The van der Waals surface area contributed by atoms with Gasteiger partial charge in [-0.1, -0.05) is 23.7 Å². The molecule has 1 aromatic heterocycles. The average Bonchev–Trinajstić information content (AvgIpc) is 3.02. The Kier molecular flexibility index (Phi) is 5.71. The topological polar surface area (TPSA) is 53.5 Å². The Bertz CT molecular complexity index is 752. The maximum absolute atomic E-state index is 12.4. The van der Waals surface area contributed by atoms with Crippen LogP contribution in [0.2, 0.25) is 5.02 Å². The van der Waals surface area contributed by atoms with E-state index in [1.807, 2.05) is 34.2 Å². The predicted octanol–water partition coefficient (Wildman–Crippen LogP) is 2.56. The van der Waals surface area contributed by atoms with Gasteiger partial charge in [0, 0.05) is 36.6 Å². The second-order valence-corrected chi connectivity index (χ2v) is 7.60. The molecule has 0 N–H and O–H groups in total. The third-order valence-electron chi connectivity index (χ3n) is 4.25. The monoisotopic (exact) mass is 377 g/mol. The Morgan fingerprint density at radius 1 is 1.04 bits per heavy atom. The minimum atomic E-state index is 0.0788. The van der Waals surface area contributed by atoms with Crippen molar-refractivity contribution in [1.29, 1.82) is 0 Å². The SMILES string of the molecule is Cc1nc(CC(=O)N2CCN(C(=O)Cc3ccc(Cl)cc3)CC2)cs1. The first-order chi connectivity index (χ1) is 12.0. The van der Waals surface area contributed by atoms with E-state index in [1.165, 1.54) is 0 Å². The van der Waals surface area contributed by atoms with Gasteiger partial charge in [0.25, 0.3) is 0 Å². The lowest BCUT2D eigenvalue weighted by Gasteiger charge is -2.34. The van der Waals surface area contributed by atoms with Crippen LogP contribution in [0.15, 0.2) is 29.6 Å². The number of thiazole rings is 1. The van der Waals surface area contributed by atoms with Crippen molar-refractivity contribution in [1.82, 2.24) is 14.8 Å². The third kappa shape index (κ3) is 4.80. The molecule has 0 aliphatic carbocycles. The van der Waals surface area contributed by atoms with Crippen LogP contribution in [0.5, 0.6) is 0 Å². The summed E-state index contributed by atoms with van der Waals surface area (Å²) in [4.78, 5) is 32.7. The van der Waals surface area contributed by atoms with E-state index < -0.39 is 0 Å². The van der Waals surface area contributed by atoms with Gasteiger partial charge in [0.2, 0.25) is 11.8 Å². The van der Waals surface area contributed by atoms with Gasteiger partial charge < -0.3 is 9.80 Å². The van der Waals surface area contributed by atoms with Crippen LogP contribution in [0, 0.1) is 6.92 Å². The highest BCUT2D eigenvalue weighted by Gasteiger charge is 2.24. The Morgan fingerprint density at radius 2 is 1.60 bits per heavy atom. The third-order valence-corrected chi connectivity index (χ3v) is 5.33. The van der Waals surface area contributed by atoms with Crippen LogP contribution < -0.4 is 0 Å². The van der Waals surface area contributed by atoms with Gasteiger partial charge in [-0.15, -0.1) is 11.3 Å². The van der Waals surface area contributed by atoms with E-state index in [-0.39, 0.29) is 11.8 Å². The van der Waals surface area contributed by atoms with Crippen LogP contribution in [0.3, 0.4) is 0 Å². The molecule has 2 heterocycles. The minimum absolute atomic E-state index is 0.0788. The Labute approximate surface area is 156 Å². The average molecular weight is 378 g/mol. The molecule has 0 spiro atoms. The van der Waals surface area contributed by atoms with E-state index in [1.54, 1.807) is 23.5 Å². The molecule has 2 amide bonds. The molecule has 0 radical (unpaired) electrons. The summed E-state index contributed by atoms with van der Waals surface area (Å²) in [7, 11) is 0. The van der Waals surface area contributed by atoms with Crippen molar-refractivity contribution in [2.24, 2.45) is 0 Å². The Morgan fingerprint density at radius 3 is 2.12 bits per heavy atom. The number of amides is 2. The van der Waals surface area contributed by atoms with Gasteiger partial charge in [0.1, 0.15) is 0 Å². The zero-order valence-corrected chi connectivity index (χ0v) is 15.6. The quantitative estimate of drug-likeness (QED) is 0.822. The number of hydrogen-bond donors (Lipinski definition) is 0. The van der Waals surface area contributed by atoms with Crippen molar-refractivity contribution in [2.75, 3.05) is 26.2 Å². The summed E-state index contributed by atoms with van der Waals surface area (Å²) in [5.74, 6) is 0.166. The van der Waals surface area contributed by atoms with Crippen molar-refractivity contribution >= 4 is 34.8 Å². The van der Waals surface area contributed by atoms with E-state index in [0.717, 1.165) is 16.3 Å². The fraction of sp³-hybridized carbons (Fsp3) is 0.389. The lowest BCUT2D eigenvalue weighted by molar-refractivity contribution is -0.138. The molecule has 1 saturated heterocycles. The number of nitrogens with zero attached hydrogens (tertiary/aromatic N) is 3. The van der Waals surface area contributed by atoms with Crippen LogP contribution in [0.1, 0.15) is 16.3 Å². The lowest BCUT2D eigenvalue weighted by atomic mass is 10.1. The van der Waals surface area contributed by atoms with Crippen molar-refractivity contribution in [3.05, 3.63) is 50.9 Å². The molecule has 1 aliphatic rings. The highest BCUT2D eigenvalue weighted by molar-refractivity contribution is 7.09. The van der Waals surface area contributed by atoms with Crippen molar-refractivity contribution in [2.45, 2.75) is 19.8 Å². The highest BCUT2D eigenvalue weighted by atomic mass is 35.5. The van der Waals surface area contributed by atoms with Gasteiger partial charge >= 0.3 is 0 Å². The van der Waals surface area contributed by atoms with Crippen LogP contribution in [0.4, 0.5) is 0 Å². The predicted molar refractivity (Wildman–Crippen MR) is 98.9 cm³/mol. The number of carbonyl (C=O) groups excluding carboxylic acids is 2. The van der Waals surface area contributed by atoms with E-state index in [9.17, 15) is 9.59 Å². The molecule has 25 heavy (non-hydrogen) atoms. The van der Waals surface area contributed by atoms with Gasteiger partial charge in [-0.2, -0.15) is 0 Å². The summed E-state index contributed by atoms with van der Waals surface area (Å²) >= 11 is 7.42. The Balaban J connectivity index is 1.48. The van der Waals surface area contributed by atoms with Gasteiger partial charge in [-0.3, -0.25) is 9.59 Å². The smallest absolute Gasteiger partial charge is 0.228 e. The molecule has 5 nitrogen and oxygen atoms in total. The summed E-state index contributed by atoms with van der Waals surface area (Å²) in [5, 5.41) is 3.57. The molecule has 1 aliphatic heterocycles. The number of aromatic nitrogens is 1. The normalized spacial score (nSPS) is 14.6. The number of benzene rings is 1. The molecule has 1 aromatic carbocycles. The number of piperazine rings is 1. The van der Waals surface area contributed by atoms with Gasteiger partial charge in [-0.05, 0) is 24.6 Å². The van der Waals surface area contributed by atoms with Crippen LogP contribution in [0.25, 0.3) is 0 Å². The minimum Gasteiger partial charge on any atom is -0.339 e. The molecule has 2 aromatic rings. The number of hydrogen-bond acceptors (Lipinski definition) is 4. The molecule has 7 heteroatoms. The fourth-order valence-electron chi connectivity index (χ4n) is 2.85. The molecule has 0 bridgehead atoms. The van der Waals surface area contributed by atoms with E-state index in [4.69, 9.17) is 11.6 Å². The van der Waals surface area contributed by atoms with E-state index in [0.29, 0.717) is 44.0 Å². The van der Waals surface area contributed by atoms with E-state index in [2.05, 4.69) is 4.98 Å². The number of halogens is 1. The second-order valence-electron chi connectivity index (χ2n) is 6.10. The van der Waals surface area contributed by atoms with Crippen LogP contribution in [-0.2, 0) is 22.4 Å². The molecule has 3 rings (SSSR count). The number of rotatable bonds is 4. The fourth-order valence-corrected chi connectivity index (χ4v) is 3.59. The summed E-state index contributed by atoms with van der Waals surface area (Å²) in [6, 6.07) is 7.33. The molecular formula is C18H20ClN3O2S. The molecule has 0 unspecified atom stereocenters. The number of aryl methyl sites for hydroxylation is 1. The van der Waals surface area contributed by atoms with Crippen LogP contribution >= 0.6 is 22.9 Å². The van der Waals surface area contributed by atoms with Crippen LogP contribution in [-0.4, -0.2) is 52.8 Å².